The third-order valence-electron chi connectivity index (χ3n) is 4.41. The maximum atomic E-state index is 12.1. The molecule has 1 aliphatic heterocycles. The Balaban J connectivity index is 2.02. The summed E-state index contributed by atoms with van der Waals surface area (Å²) in [5.41, 5.74) is 10.4. The van der Waals surface area contributed by atoms with Crippen molar-refractivity contribution in [2.24, 2.45) is 5.73 Å². The fourth-order valence-corrected chi connectivity index (χ4v) is 3.06. The second-order valence-electron chi connectivity index (χ2n) is 5.66. The molecule has 4 heteroatoms. The Morgan fingerprint density at radius 2 is 1.95 bits per heavy atom. The zero-order valence-electron chi connectivity index (χ0n) is 13.0. The third-order valence-corrected chi connectivity index (χ3v) is 4.41. The van der Waals surface area contributed by atoms with Gasteiger partial charge in [-0.1, -0.05) is 30.3 Å². The van der Waals surface area contributed by atoms with Gasteiger partial charge in [-0.15, -0.1) is 0 Å². The SMILES string of the molecule is COc1ccccc1C(N)c1ccc2c(c1)C(C)C(=O)N2C. The summed E-state index contributed by atoms with van der Waals surface area (Å²) in [4.78, 5) is 13.8. The Kier molecular flexibility index (Phi) is 3.62. The van der Waals surface area contributed by atoms with Crippen LogP contribution in [-0.2, 0) is 4.79 Å². The van der Waals surface area contributed by atoms with Gasteiger partial charge in [0.15, 0.2) is 0 Å². The summed E-state index contributed by atoms with van der Waals surface area (Å²) in [5.74, 6) is 0.777. The number of amides is 1. The van der Waals surface area contributed by atoms with Crippen LogP contribution in [0.2, 0.25) is 0 Å². The van der Waals surface area contributed by atoms with Gasteiger partial charge in [-0.3, -0.25) is 4.79 Å². The van der Waals surface area contributed by atoms with Gasteiger partial charge in [0.1, 0.15) is 5.75 Å². The number of rotatable bonds is 3. The van der Waals surface area contributed by atoms with E-state index < -0.39 is 0 Å². The lowest BCUT2D eigenvalue weighted by molar-refractivity contribution is -0.118. The molecule has 1 heterocycles. The van der Waals surface area contributed by atoms with E-state index in [0.717, 1.165) is 28.1 Å². The van der Waals surface area contributed by atoms with E-state index in [9.17, 15) is 4.79 Å². The largest absolute Gasteiger partial charge is 0.496 e. The van der Waals surface area contributed by atoms with Gasteiger partial charge in [0.05, 0.1) is 19.1 Å². The van der Waals surface area contributed by atoms with Crippen molar-refractivity contribution < 1.29 is 9.53 Å². The van der Waals surface area contributed by atoms with E-state index in [4.69, 9.17) is 10.5 Å². The van der Waals surface area contributed by atoms with Gasteiger partial charge >= 0.3 is 0 Å². The van der Waals surface area contributed by atoms with E-state index in [1.165, 1.54) is 0 Å². The van der Waals surface area contributed by atoms with E-state index in [-0.39, 0.29) is 17.9 Å². The van der Waals surface area contributed by atoms with Crippen LogP contribution >= 0.6 is 0 Å². The number of para-hydroxylation sites is 1. The van der Waals surface area contributed by atoms with Crippen molar-refractivity contribution in [1.82, 2.24) is 0 Å². The molecule has 2 aromatic carbocycles. The number of nitrogens with two attached hydrogens (primary N) is 1. The van der Waals surface area contributed by atoms with Gasteiger partial charge in [-0.2, -0.15) is 0 Å². The quantitative estimate of drug-likeness (QED) is 0.947. The lowest BCUT2D eigenvalue weighted by Gasteiger charge is -2.17. The highest BCUT2D eigenvalue weighted by molar-refractivity contribution is 6.04. The van der Waals surface area contributed by atoms with Crippen molar-refractivity contribution in [1.29, 1.82) is 0 Å². The Morgan fingerprint density at radius 3 is 2.68 bits per heavy atom. The molecule has 1 aliphatic rings. The topological polar surface area (TPSA) is 55.6 Å². The van der Waals surface area contributed by atoms with E-state index >= 15 is 0 Å². The maximum absolute atomic E-state index is 12.1. The molecule has 2 unspecified atom stereocenters. The lowest BCUT2D eigenvalue weighted by Crippen LogP contribution is -2.22. The summed E-state index contributed by atoms with van der Waals surface area (Å²) in [6, 6.07) is 13.5. The second-order valence-corrected chi connectivity index (χ2v) is 5.66. The molecule has 0 radical (unpaired) electrons. The van der Waals surface area contributed by atoms with Gasteiger partial charge in [-0.25, -0.2) is 0 Å². The highest BCUT2D eigenvalue weighted by Crippen LogP contribution is 2.38. The fourth-order valence-electron chi connectivity index (χ4n) is 3.06. The zero-order valence-corrected chi connectivity index (χ0v) is 13.0. The first-order valence-corrected chi connectivity index (χ1v) is 7.34. The molecule has 0 bridgehead atoms. The number of anilines is 1. The average Bonchev–Trinajstić information content (AvgIpc) is 2.78. The first-order chi connectivity index (χ1) is 10.5. The molecule has 2 aromatic rings. The van der Waals surface area contributed by atoms with Crippen LogP contribution in [0, 0.1) is 0 Å². The number of methoxy groups -OCH3 is 1. The maximum Gasteiger partial charge on any atom is 0.234 e. The minimum absolute atomic E-state index is 0.121. The number of hydrogen-bond donors (Lipinski definition) is 1. The van der Waals surface area contributed by atoms with Crippen LogP contribution in [0.5, 0.6) is 5.75 Å². The van der Waals surface area contributed by atoms with Crippen LogP contribution in [0.25, 0.3) is 0 Å². The molecular weight excluding hydrogens is 276 g/mol. The fraction of sp³-hybridized carbons (Fsp3) is 0.278. The van der Waals surface area contributed by atoms with Gasteiger partial charge in [0.2, 0.25) is 5.91 Å². The number of likely N-dealkylation sites (N-methyl/N-ethyl adjacent to an activating group) is 1. The third kappa shape index (κ3) is 2.16. The van der Waals surface area contributed by atoms with E-state index in [1.807, 2.05) is 56.4 Å². The molecule has 1 amide bonds. The first kappa shape index (κ1) is 14.6. The summed E-state index contributed by atoms with van der Waals surface area (Å²) >= 11 is 0. The van der Waals surface area contributed by atoms with Crippen molar-refractivity contribution in [3.05, 3.63) is 59.2 Å². The van der Waals surface area contributed by atoms with Crippen LogP contribution in [0.4, 0.5) is 5.69 Å². The van der Waals surface area contributed by atoms with E-state index in [0.29, 0.717) is 0 Å². The highest BCUT2D eigenvalue weighted by Gasteiger charge is 2.32. The van der Waals surface area contributed by atoms with Crippen LogP contribution < -0.4 is 15.4 Å². The predicted octanol–water partition coefficient (Wildman–Crippen LogP) is 2.82. The minimum atomic E-state index is -0.283. The molecule has 4 nitrogen and oxygen atoms in total. The summed E-state index contributed by atoms with van der Waals surface area (Å²) < 4.78 is 5.39. The molecule has 0 aromatic heterocycles. The molecule has 0 fully saturated rings. The van der Waals surface area contributed by atoms with Crippen molar-refractivity contribution in [2.45, 2.75) is 18.9 Å². The Bertz CT molecular complexity index is 727. The monoisotopic (exact) mass is 296 g/mol. The van der Waals surface area contributed by atoms with E-state index in [2.05, 4.69) is 0 Å². The average molecular weight is 296 g/mol. The van der Waals surface area contributed by atoms with Gasteiger partial charge < -0.3 is 15.4 Å². The summed E-state index contributed by atoms with van der Waals surface area (Å²) in [5, 5.41) is 0. The molecule has 2 N–H and O–H groups in total. The number of carbonyl (C=O) groups is 1. The second kappa shape index (κ2) is 5.46. The minimum Gasteiger partial charge on any atom is -0.496 e. The predicted molar refractivity (Wildman–Crippen MR) is 87.3 cm³/mol. The lowest BCUT2D eigenvalue weighted by atomic mass is 9.94. The summed E-state index contributed by atoms with van der Waals surface area (Å²) in [6.07, 6.45) is 0. The summed E-state index contributed by atoms with van der Waals surface area (Å²) in [7, 11) is 3.45. The Morgan fingerprint density at radius 1 is 1.23 bits per heavy atom. The molecule has 0 aliphatic carbocycles. The van der Waals surface area contributed by atoms with Crippen molar-refractivity contribution in [3.63, 3.8) is 0 Å². The Labute approximate surface area is 130 Å². The van der Waals surface area contributed by atoms with Crippen LogP contribution in [0.3, 0.4) is 0 Å². The normalized spacial score (nSPS) is 18.3. The van der Waals surface area contributed by atoms with Crippen molar-refractivity contribution >= 4 is 11.6 Å². The van der Waals surface area contributed by atoms with Crippen LogP contribution in [-0.4, -0.2) is 20.1 Å². The smallest absolute Gasteiger partial charge is 0.234 e. The van der Waals surface area contributed by atoms with Gasteiger partial charge in [0.25, 0.3) is 0 Å². The molecule has 0 saturated carbocycles. The molecule has 3 rings (SSSR count). The Hall–Kier alpha value is -2.33. The number of hydrogen-bond acceptors (Lipinski definition) is 3. The van der Waals surface area contributed by atoms with Crippen LogP contribution in [0.1, 0.15) is 35.6 Å². The molecule has 0 saturated heterocycles. The number of carbonyl (C=O) groups excluding carboxylic acids is 1. The molecular formula is C18H20N2O2. The molecule has 0 spiro atoms. The van der Waals surface area contributed by atoms with Gasteiger partial charge in [-0.05, 0) is 30.2 Å². The summed E-state index contributed by atoms with van der Waals surface area (Å²) in [6.45, 7) is 1.93. The molecule has 22 heavy (non-hydrogen) atoms. The molecule has 2 atom stereocenters. The highest BCUT2D eigenvalue weighted by atomic mass is 16.5. The number of fused-ring (bicyclic) bond motifs is 1. The number of benzene rings is 2. The number of ether oxygens (including phenoxy) is 1. The van der Waals surface area contributed by atoms with Crippen molar-refractivity contribution in [3.8, 4) is 5.75 Å². The van der Waals surface area contributed by atoms with Gasteiger partial charge in [0, 0.05) is 18.3 Å². The van der Waals surface area contributed by atoms with E-state index in [1.54, 1.807) is 12.0 Å². The first-order valence-electron chi connectivity index (χ1n) is 7.34. The number of nitrogens with zero attached hydrogens (tertiary/aromatic N) is 1. The molecule has 114 valence electrons. The zero-order chi connectivity index (χ0) is 15.9. The van der Waals surface area contributed by atoms with Crippen LogP contribution in [0.15, 0.2) is 42.5 Å². The van der Waals surface area contributed by atoms with Crippen molar-refractivity contribution in [2.75, 3.05) is 19.1 Å². The standard InChI is InChI=1S/C18H20N2O2/c1-11-14-10-12(8-9-15(14)20(2)18(11)21)17(19)13-6-4-5-7-16(13)22-3/h4-11,17H,19H2,1-3H3.